The summed E-state index contributed by atoms with van der Waals surface area (Å²) in [4.78, 5) is 0. The molecule has 1 atom stereocenters. The van der Waals surface area contributed by atoms with E-state index in [1.807, 2.05) is 0 Å². The summed E-state index contributed by atoms with van der Waals surface area (Å²) >= 11 is 0. The van der Waals surface area contributed by atoms with Crippen LogP contribution in [0.3, 0.4) is 0 Å². The van der Waals surface area contributed by atoms with Crippen molar-refractivity contribution in [2.45, 2.75) is 31.8 Å². The Labute approximate surface area is 133 Å². The number of hydrogen-bond acceptors (Lipinski definition) is 5. The number of rotatable bonds is 7. The van der Waals surface area contributed by atoms with Crippen molar-refractivity contribution in [1.82, 2.24) is 10.0 Å². The number of halogens is 1. The van der Waals surface area contributed by atoms with Crippen LogP contribution in [0.2, 0.25) is 0 Å². The molecule has 2 heterocycles. The first-order chi connectivity index (χ1) is 9.55. The second kappa shape index (κ2) is 8.64. The molecule has 2 N–H and O–H groups in total. The lowest BCUT2D eigenvalue weighted by molar-refractivity contribution is 0.0576. The summed E-state index contributed by atoms with van der Waals surface area (Å²) in [5, 5.41) is 3.30. The average molecular weight is 343 g/mol. The van der Waals surface area contributed by atoms with Gasteiger partial charge in [-0.2, -0.15) is 0 Å². The van der Waals surface area contributed by atoms with Crippen LogP contribution >= 0.6 is 12.4 Å². The van der Waals surface area contributed by atoms with E-state index < -0.39 is 10.0 Å². The molecule has 2 aliphatic heterocycles. The van der Waals surface area contributed by atoms with Crippen LogP contribution in [0.4, 0.5) is 0 Å². The summed E-state index contributed by atoms with van der Waals surface area (Å²) in [6.07, 6.45) is 3.53. The molecule has 6 nitrogen and oxygen atoms in total. The summed E-state index contributed by atoms with van der Waals surface area (Å²) in [6, 6.07) is 0. The Morgan fingerprint density at radius 2 is 2.10 bits per heavy atom. The SMILES string of the molecule is COCC1(CNS(=O)(=O)CC2CCCO2)CCNCC1.Cl. The van der Waals surface area contributed by atoms with Crippen LogP contribution in [0.1, 0.15) is 25.7 Å². The highest BCUT2D eigenvalue weighted by atomic mass is 35.5. The fourth-order valence-electron chi connectivity index (χ4n) is 2.98. The van der Waals surface area contributed by atoms with Crippen molar-refractivity contribution in [1.29, 1.82) is 0 Å². The van der Waals surface area contributed by atoms with Crippen LogP contribution in [-0.4, -0.2) is 60.2 Å². The first kappa shape index (κ1) is 19.1. The minimum absolute atomic E-state index is 0. The molecule has 2 aliphatic rings. The van der Waals surface area contributed by atoms with Gasteiger partial charge in [0.05, 0.1) is 18.5 Å². The van der Waals surface area contributed by atoms with Gasteiger partial charge in [0.2, 0.25) is 10.0 Å². The van der Waals surface area contributed by atoms with Crippen LogP contribution in [-0.2, 0) is 19.5 Å². The standard InChI is InChI=1S/C13H26N2O4S.ClH/c1-18-11-13(4-6-14-7-5-13)10-15-20(16,17)9-12-3-2-8-19-12;/h12,14-15H,2-11H2,1H3;1H. The molecular weight excluding hydrogens is 316 g/mol. The third-order valence-electron chi connectivity index (χ3n) is 4.21. The van der Waals surface area contributed by atoms with Gasteiger partial charge in [0.1, 0.15) is 0 Å². The van der Waals surface area contributed by atoms with Crippen LogP contribution in [0.15, 0.2) is 0 Å². The second-order valence-electron chi connectivity index (χ2n) is 5.92. The fourth-order valence-corrected chi connectivity index (χ4v) is 4.37. The zero-order valence-corrected chi connectivity index (χ0v) is 14.2. The summed E-state index contributed by atoms with van der Waals surface area (Å²) < 4.78 is 37.7. The van der Waals surface area contributed by atoms with Crippen LogP contribution in [0, 0.1) is 5.41 Å². The Morgan fingerprint density at radius 1 is 1.38 bits per heavy atom. The molecule has 21 heavy (non-hydrogen) atoms. The maximum Gasteiger partial charge on any atom is 0.214 e. The Bertz CT molecular complexity index is 387. The van der Waals surface area contributed by atoms with E-state index in [1.165, 1.54) is 0 Å². The van der Waals surface area contributed by atoms with Gasteiger partial charge < -0.3 is 14.8 Å². The first-order valence-corrected chi connectivity index (χ1v) is 8.99. The second-order valence-corrected chi connectivity index (χ2v) is 7.77. The molecule has 2 fully saturated rings. The molecule has 0 radical (unpaired) electrons. The van der Waals surface area contributed by atoms with Gasteiger partial charge in [0, 0.05) is 25.7 Å². The summed E-state index contributed by atoms with van der Waals surface area (Å²) in [6.45, 7) is 3.56. The van der Waals surface area contributed by atoms with Crippen molar-refractivity contribution in [2.75, 3.05) is 45.7 Å². The number of nitrogens with one attached hydrogen (secondary N) is 2. The molecule has 126 valence electrons. The summed E-state index contributed by atoms with van der Waals surface area (Å²) in [5.41, 5.74) is -0.0798. The normalized spacial score (nSPS) is 25.5. The molecule has 1 unspecified atom stereocenters. The molecule has 2 saturated heterocycles. The summed E-state index contributed by atoms with van der Waals surface area (Å²) in [7, 11) is -1.60. The lowest BCUT2D eigenvalue weighted by Gasteiger charge is -2.37. The van der Waals surface area contributed by atoms with Crippen molar-refractivity contribution in [2.24, 2.45) is 5.41 Å². The van der Waals surface area contributed by atoms with Crippen molar-refractivity contribution < 1.29 is 17.9 Å². The lowest BCUT2D eigenvalue weighted by Crippen LogP contribution is -2.48. The predicted octanol–water partition coefficient (Wildman–Crippen LogP) is 0.523. The van der Waals surface area contributed by atoms with E-state index in [0.29, 0.717) is 19.8 Å². The third-order valence-corrected chi connectivity index (χ3v) is 5.61. The minimum atomic E-state index is -3.27. The van der Waals surface area contributed by atoms with Crippen LogP contribution in [0.25, 0.3) is 0 Å². The molecule has 2 rings (SSSR count). The molecule has 0 aromatic carbocycles. The molecular formula is C13H27ClN2O4S. The lowest BCUT2D eigenvalue weighted by atomic mass is 9.80. The van der Waals surface area contributed by atoms with E-state index in [0.717, 1.165) is 38.8 Å². The van der Waals surface area contributed by atoms with Gasteiger partial charge in [-0.1, -0.05) is 0 Å². The van der Waals surface area contributed by atoms with Gasteiger partial charge in [-0.3, -0.25) is 0 Å². The summed E-state index contributed by atoms with van der Waals surface area (Å²) in [5.74, 6) is 0.0777. The van der Waals surface area contributed by atoms with Crippen molar-refractivity contribution >= 4 is 22.4 Å². The Kier molecular flexibility index (Phi) is 7.87. The maximum absolute atomic E-state index is 12.1. The molecule has 0 aromatic heterocycles. The van der Waals surface area contributed by atoms with Crippen LogP contribution in [0.5, 0.6) is 0 Å². The fraction of sp³-hybridized carbons (Fsp3) is 1.00. The number of sulfonamides is 1. The zero-order chi connectivity index (χ0) is 14.5. The van der Waals surface area contributed by atoms with Gasteiger partial charge in [-0.05, 0) is 38.8 Å². The smallest absolute Gasteiger partial charge is 0.214 e. The van der Waals surface area contributed by atoms with E-state index >= 15 is 0 Å². The van der Waals surface area contributed by atoms with Gasteiger partial charge in [-0.15, -0.1) is 12.4 Å². The molecule has 0 aromatic rings. The topological polar surface area (TPSA) is 76.7 Å². The highest BCUT2D eigenvalue weighted by molar-refractivity contribution is 7.89. The zero-order valence-electron chi connectivity index (χ0n) is 12.6. The third kappa shape index (κ3) is 6.00. The van der Waals surface area contributed by atoms with Crippen molar-refractivity contribution in [3.05, 3.63) is 0 Å². The van der Waals surface area contributed by atoms with Crippen molar-refractivity contribution in [3.8, 4) is 0 Å². The molecule has 0 amide bonds. The van der Waals surface area contributed by atoms with Crippen molar-refractivity contribution in [3.63, 3.8) is 0 Å². The van der Waals surface area contributed by atoms with Gasteiger partial charge >= 0.3 is 0 Å². The Balaban J connectivity index is 0.00000220. The number of piperidine rings is 1. The highest BCUT2D eigenvalue weighted by Gasteiger charge is 2.34. The largest absolute Gasteiger partial charge is 0.384 e. The van der Waals surface area contributed by atoms with E-state index in [1.54, 1.807) is 7.11 Å². The number of methoxy groups -OCH3 is 1. The highest BCUT2D eigenvalue weighted by Crippen LogP contribution is 2.28. The monoisotopic (exact) mass is 342 g/mol. The number of hydrogen-bond donors (Lipinski definition) is 2. The van der Waals surface area contributed by atoms with E-state index in [9.17, 15) is 8.42 Å². The molecule has 8 heteroatoms. The molecule has 0 saturated carbocycles. The van der Waals surface area contributed by atoms with E-state index in [2.05, 4.69) is 10.0 Å². The maximum atomic E-state index is 12.1. The molecule has 0 spiro atoms. The Hall–Kier alpha value is 0.0800. The van der Waals surface area contributed by atoms with Gasteiger partial charge in [-0.25, -0.2) is 13.1 Å². The van der Waals surface area contributed by atoms with E-state index in [-0.39, 0.29) is 29.7 Å². The van der Waals surface area contributed by atoms with Gasteiger partial charge in [0.25, 0.3) is 0 Å². The predicted molar refractivity (Wildman–Crippen MR) is 84.4 cm³/mol. The molecule has 0 aliphatic carbocycles. The Morgan fingerprint density at radius 3 is 2.67 bits per heavy atom. The number of ether oxygens (including phenoxy) is 2. The minimum Gasteiger partial charge on any atom is -0.384 e. The average Bonchev–Trinajstić information content (AvgIpc) is 2.90. The van der Waals surface area contributed by atoms with Gasteiger partial charge in [0.15, 0.2) is 0 Å². The van der Waals surface area contributed by atoms with Crippen LogP contribution < -0.4 is 10.0 Å². The molecule has 0 bridgehead atoms. The first-order valence-electron chi connectivity index (χ1n) is 7.34. The quantitative estimate of drug-likeness (QED) is 0.705. The van der Waals surface area contributed by atoms with E-state index in [4.69, 9.17) is 9.47 Å².